The number of aryl methyl sites for hydroxylation is 2. The number of para-hydroxylation sites is 1. The summed E-state index contributed by atoms with van der Waals surface area (Å²) < 4.78 is 13.3. The van der Waals surface area contributed by atoms with E-state index in [2.05, 4.69) is 13.8 Å². The van der Waals surface area contributed by atoms with Crippen LogP contribution in [0.5, 0.6) is 17.2 Å². The van der Waals surface area contributed by atoms with E-state index in [0.717, 1.165) is 16.8 Å². The number of rotatable bonds is 7. The molecule has 2 aromatic carbocycles. The molecular weight excluding hydrogens is 418 g/mol. The number of nitrogens with zero attached hydrogens (tertiary/aromatic N) is 1. The second-order valence-corrected chi connectivity index (χ2v) is 8.91. The molecule has 3 aromatic rings. The summed E-state index contributed by atoms with van der Waals surface area (Å²) in [5, 5.41) is 9.51. The zero-order chi connectivity index (χ0) is 23.5. The third-order valence-electron chi connectivity index (χ3n) is 5.88. The number of ether oxygens (including phenoxy) is 2. The summed E-state index contributed by atoms with van der Waals surface area (Å²) in [6.07, 6.45) is 0.726. The molecule has 0 saturated carbocycles. The van der Waals surface area contributed by atoms with Crippen LogP contribution in [0.25, 0.3) is 0 Å². The number of hydrogen-bond acceptors (Lipinski definition) is 5. The Labute approximate surface area is 193 Å². The van der Waals surface area contributed by atoms with Crippen molar-refractivity contribution in [1.29, 1.82) is 0 Å². The zero-order valence-corrected chi connectivity index (χ0v) is 19.2. The number of carbonyl (C=O) groups excluding carboxylic acids is 1. The number of hydrogen-bond donors (Lipinski definition) is 1. The Morgan fingerprint density at radius 3 is 2.58 bits per heavy atom. The first kappa shape index (κ1) is 22.6. The molecule has 0 unspecified atom stereocenters. The van der Waals surface area contributed by atoms with Gasteiger partial charge in [-0.25, -0.2) is 0 Å². The Hall–Kier alpha value is -3.54. The molecule has 0 aliphatic carbocycles. The van der Waals surface area contributed by atoms with Crippen LogP contribution in [-0.2, 0) is 17.8 Å². The van der Waals surface area contributed by atoms with E-state index in [1.165, 1.54) is 0 Å². The van der Waals surface area contributed by atoms with Gasteiger partial charge in [0, 0.05) is 29.8 Å². The lowest BCUT2D eigenvalue weighted by Gasteiger charge is -2.27. The molecule has 1 aliphatic rings. The van der Waals surface area contributed by atoms with Crippen LogP contribution in [0.1, 0.15) is 48.6 Å². The number of carbonyl (C=O) groups is 1. The molecule has 0 amide bonds. The summed E-state index contributed by atoms with van der Waals surface area (Å²) in [6.45, 7) is 7.02. The van der Waals surface area contributed by atoms with E-state index in [4.69, 9.17) is 9.47 Å². The second kappa shape index (κ2) is 9.53. The van der Waals surface area contributed by atoms with Gasteiger partial charge in [-0.1, -0.05) is 44.2 Å². The Morgan fingerprint density at radius 1 is 1.12 bits per heavy atom. The van der Waals surface area contributed by atoms with Crippen molar-refractivity contribution in [2.45, 2.75) is 46.1 Å². The summed E-state index contributed by atoms with van der Waals surface area (Å²) in [7, 11) is 0. The monoisotopic (exact) mass is 447 g/mol. The fourth-order valence-electron chi connectivity index (χ4n) is 4.20. The van der Waals surface area contributed by atoms with Crippen LogP contribution in [0, 0.1) is 12.8 Å². The zero-order valence-electron chi connectivity index (χ0n) is 19.2. The standard InChI is InChI=1S/C27H29NO5/c1-17(2)16-32-23-7-5-4-6-21(23)22-15-25(30)33-24-14-18(3)28(27(31)26(22)24)13-12-19-8-10-20(29)11-9-19/h4-11,14,17,22,29H,12-13,15-16H2,1-3H3/t22-/m0/s1. The Bertz CT molecular complexity index is 1210. The van der Waals surface area contributed by atoms with E-state index >= 15 is 0 Å². The number of pyridine rings is 1. The minimum atomic E-state index is -0.433. The number of esters is 1. The van der Waals surface area contributed by atoms with Gasteiger partial charge in [0.1, 0.15) is 17.2 Å². The van der Waals surface area contributed by atoms with Crippen molar-refractivity contribution < 1.29 is 19.4 Å². The van der Waals surface area contributed by atoms with Crippen molar-refractivity contribution in [1.82, 2.24) is 4.57 Å². The predicted molar refractivity (Wildman–Crippen MR) is 126 cm³/mol. The molecule has 4 rings (SSSR count). The van der Waals surface area contributed by atoms with Gasteiger partial charge in [-0.3, -0.25) is 9.59 Å². The lowest BCUT2D eigenvalue weighted by molar-refractivity contribution is -0.135. The second-order valence-electron chi connectivity index (χ2n) is 8.91. The van der Waals surface area contributed by atoms with Crippen LogP contribution in [0.15, 0.2) is 59.4 Å². The molecule has 0 fully saturated rings. The fraction of sp³-hybridized carbons (Fsp3) is 0.333. The molecule has 2 heterocycles. The van der Waals surface area contributed by atoms with E-state index in [0.29, 0.717) is 42.6 Å². The molecule has 0 saturated heterocycles. The number of aromatic hydroxyl groups is 1. The van der Waals surface area contributed by atoms with Crippen molar-refractivity contribution in [3.63, 3.8) is 0 Å². The maximum Gasteiger partial charge on any atom is 0.312 e. The third kappa shape index (κ3) is 4.95. The molecule has 6 nitrogen and oxygen atoms in total. The first-order chi connectivity index (χ1) is 15.8. The lowest BCUT2D eigenvalue weighted by Crippen LogP contribution is -2.33. The average molecular weight is 448 g/mol. The molecule has 6 heteroatoms. The van der Waals surface area contributed by atoms with E-state index in [-0.39, 0.29) is 23.7 Å². The molecule has 1 N–H and O–H groups in total. The van der Waals surface area contributed by atoms with Crippen LogP contribution in [0.3, 0.4) is 0 Å². The molecular formula is C27H29NO5. The van der Waals surface area contributed by atoms with E-state index in [9.17, 15) is 14.7 Å². The molecule has 172 valence electrons. The molecule has 1 atom stereocenters. The smallest absolute Gasteiger partial charge is 0.312 e. The highest BCUT2D eigenvalue weighted by molar-refractivity contribution is 5.78. The van der Waals surface area contributed by atoms with Crippen LogP contribution in [0.2, 0.25) is 0 Å². The van der Waals surface area contributed by atoms with E-state index < -0.39 is 5.92 Å². The van der Waals surface area contributed by atoms with Crippen LogP contribution < -0.4 is 15.0 Å². The number of phenolic OH excluding ortho intramolecular Hbond substituents is 1. The van der Waals surface area contributed by atoms with Crippen molar-refractivity contribution in [3.05, 3.63) is 87.3 Å². The highest BCUT2D eigenvalue weighted by atomic mass is 16.5. The molecule has 1 aromatic heterocycles. The molecule has 0 spiro atoms. The summed E-state index contributed by atoms with van der Waals surface area (Å²) in [5.74, 6) is 0.792. The highest BCUT2D eigenvalue weighted by Crippen LogP contribution is 2.40. The average Bonchev–Trinajstić information content (AvgIpc) is 2.78. The van der Waals surface area contributed by atoms with Crippen LogP contribution >= 0.6 is 0 Å². The normalized spacial score (nSPS) is 15.3. The Balaban J connectivity index is 1.73. The van der Waals surface area contributed by atoms with E-state index in [1.54, 1.807) is 22.8 Å². The molecule has 0 radical (unpaired) electrons. The fourth-order valence-corrected chi connectivity index (χ4v) is 4.20. The van der Waals surface area contributed by atoms with Gasteiger partial charge in [0.05, 0.1) is 18.6 Å². The topological polar surface area (TPSA) is 77.8 Å². The number of fused-ring (bicyclic) bond motifs is 1. The summed E-state index contributed by atoms with van der Waals surface area (Å²) in [6, 6.07) is 16.3. The summed E-state index contributed by atoms with van der Waals surface area (Å²) in [4.78, 5) is 26.1. The first-order valence-corrected chi connectivity index (χ1v) is 11.3. The van der Waals surface area contributed by atoms with Gasteiger partial charge in [0.25, 0.3) is 5.56 Å². The number of phenols is 1. The minimum absolute atomic E-state index is 0.0886. The number of benzene rings is 2. The predicted octanol–water partition coefficient (Wildman–Crippen LogP) is 4.58. The van der Waals surface area contributed by atoms with Gasteiger partial charge < -0.3 is 19.1 Å². The largest absolute Gasteiger partial charge is 0.508 e. The van der Waals surface area contributed by atoms with Gasteiger partial charge in [0.15, 0.2) is 0 Å². The minimum Gasteiger partial charge on any atom is -0.508 e. The van der Waals surface area contributed by atoms with E-state index in [1.807, 2.05) is 43.3 Å². The quantitative estimate of drug-likeness (QED) is 0.537. The maximum absolute atomic E-state index is 13.7. The first-order valence-electron chi connectivity index (χ1n) is 11.3. The van der Waals surface area contributed by atoms with Gasteiger partial charge in [-0.15, -0.1) is 0 Å². The van der Waals surface area contributed by atoms with Crippen molar-refractivity contribution >= 4 is 5.97 Å². The maximum atomic E-state index is 13.7. The molecule has 33 heavy (non-hydrogen) atoms. The number of aromatic nitrogens is 1. The molecule has 1 aliphatic heterocycles. The van der Waals surface area contributed by atoms with Crippen LogP contribution in [0.4, 0.5) is 0 Å². The van der Waals surface area contributed by atoms with Gasteiger partial charge in [-0.2, -0.15) is 0 Å². The van der Waals surface area contributed by atoms with Gasteiger partial charge in [0.2, 0.25) is 0 Å². The van der Waals surface area contributed by atoms with Crippen molar-refractivity contribution in [2.24, 2.45) is 5.92 Å². The Morgan fingerprint density at radius 2 is 1.85 bits per heavy atom. The Kier molecular flexibility index (Phi) is 6.54. The SMILES string of the molecule is Cc1cc2c(c(=O)n1CCc1ccc(O)cc1)[C@H](c1ccccc1OCC(C)C)CC(=O)O2. The van der Waals surface area contributed by atoms with Crippen LogP contribution in [-0.4, -0.2) is 22.2 Å². The lowest BCUT2D eigenvalue weighted by atomic mass is 9.86. The summed E-state index contributed by atoms with van der Waals surface area (Å²) >= 11 is 0. The van der Waals surface area contributed by atoms with Gasteiger partial charge in [-0.05, 0) is 43.0 Å². The van der Waals surface area contributed by atoms with Gasteiger partial charge >= 0.3 is 5.97 Å². The molecule has 0 bridgehead atoms. The summed E-state index contributed by atoms with van der Waals surface area (Å²) in [5.41, 5.74) is 2.91. The third-order valence-corrected chi connectivity index (χ3v) is 5.88. The highest BCUT2D eigenvalue weighted by Gasteiger charge is 2.34. The van der Waals surface area contributed by atoms with Crippen molar-refractivity contribution in [2.75, 3.05) is 6.61 Å². The van der Waals surface area contributed by atoms with Crippen molar-refractivity contribution in [3.8, 4) is 17.2 Å².